The first-order valence-electron chi connectivity index (χ1n) is 6.69. The minimum Gasteiger partial charge on any atom is -0.459 e. The van der Waals surface area contributed by atoms with Gasteiger partial charge in [0.15, 0.2) is 0 Å². The molecule has 18 heavy (non-hydrogen) atoms. The van der Waals surface area contributed by atoms with Crippen LogP contribution in [0.1, 0.15) is 51.5 Å². The van der Waals surface area contributed by atoms with Gasteiger partial charge >= 0.3 is 0 Å². The third kappa shape index (κ3) is 2.30. The van der Waals surface area contributed by atoms with Gasteiger partial charge in [0, 0.05) is 5.39 Å². The third-order valence-electron chi connectivity index (χ3n) is 4.06. The molecule has 0 aliphatic rings. The van der Waals surface area contributed by atoms with Gasteiger partial charge in [-0.1, -0.05) is 26.8 Å². The fraction of sp³-hybridized carbons (Fsp3) is 0.500. The number of nitrogens with one attached hydrogen (secondary N) is 1. The van der Waals surface area contributed by atoms with Crippen molar-refractivity contribution in [2.75, 3.05) is 7.05 Å². The highest BCUT2D eigenvalue weighted by Crippen LogP contribution is 2.31. The lowest BCUT2D eigenvalue weighted by atomic mass is 9.82. The van der Waals surface area contributed by atoms with Crippen LogP contribution in [0, 0.1) is 0 Å². The number of hydrogen-bond donors (Lipinski definition) is 1. The zero-order chi connectivity index (χ0) is 13.3. The van der Waals surface area contributed by atoms with Crippen molar-refractivity contribution in [1.29, 1.82) is 0 Å². The van der Waals surface area contributed by atoms with Gasteiger partial charge in [-0.2, -0.15) is 0 Å². The smallest absolute Gasteiger partial charge is 0.134 e. The van der Waals surface area contributed by atoms with Gasteiger partial charge in [0.1, 0.15) is 11.3 Å². The number of furan rings is 1. The lowest BCUT2D eigenvalue weighted by molar-refractivity contribution is 0.474. The van der Waals surface area contributed by atoms with E-state index in [0.29, 0.717) is 0 Å². The Balaban J connectivity index is 2.46. The van der Waals surface area contributed by atoms with Gasteiger partial charge < -0.3 is 9.73 Å². The summed E-state index contributed by atoms with van der Waals surface area (Å²) in [5, 5.41) is 4.40. The first-order valence-corrected chi connectivity index (χ1v) is 6.69. The molecule has 2 aromatic rings. The molecular formula is C16H23NO. The monoisotopic (exact) mass is 245 g/mol. The maximum absolute atomic E-state index is 5.86. The van der Waals surface area contributed by atoms with E-state index in [4.69, 9.17) is 4.42 Å². The molecule has 1 aromatic heterocycles. The van der Waals surface area contributed by atoms with Crippen molar-refractivity contribution in [2.45, 2.75) is 45.6 Å². The molecule has 1 unspecified atom stereocenters. The van der Waals surface area contributed by atoms with Crippen LogP contribution in [-0.2, 0) is 5.41 Å². The second kappa shape index (κ2) is 4.77. The molecule has 2 rings (SSSR count). The summed E-state index contributed by atoms with van der Waals surface area (Å²) in [6.07, 6.45) is 1.14. The van der Waals surface area contributed by atoms with Crippen LogP contribution in [0.25, 0.3) is 11.0 Å². The van der Waals surface area contributed by atoms with E-state index in [2.05, 4.69) is 57.3 Å². The van der Waals surface area contributed by atoms with E-state index in [1.165, 1.54) is 10.9 Å². The molecule has 0 saturated heterocycles. The van der Waals surface area contributed by atoms with Crippen LogP contribution in [-0.4, -0.2) is 7.05 Å². The summed E-state index contributed by atoms with van der Waals surface area (Å²) in [7, 11) is 1.95. The summed E-state index contributed by atoms with van der Waals surface area (Å²) >= 11 is 0. The summed E-state index contributed by atoms with van der Waals surface area (Å²) in [6, 6.07) is 8.93. The quantitative estimate of drug-likeness (QED) is 0.863. The maximum atomic E-state index is 5.86. The van der Waals surface area contributed by atoms with E-state index >= 15 is 0 Å². The molecule has 2 heteroatoms. The standard InChI is InChI=1S/C16H23NO/c1-6-16(3,4)13-7-8-14-12(9-13)10-15(18-14)11(2)17-5/h7-11,17H,6H2,1-5H3. The molecule has 1 heterocycles. The van der Waals surface area contributed by atoms with E-state index in [1.807, 2.05) is 7.05 Å². The average Bonchev–Trinajstić information content (AvgIpc) is 2.80. The van der Waals surface area contributed by atoms with Crippen LogP contribution in [0.2, 0.25) is 0 Å². The minimum atomic E-state index is 0.222. The summed E-state index contributed by atoms with van der Waals surface area (Å²) in [6.45, 7) is 8.90. The Kier molecular flexibility index (Phi) is 3.49. The van der Waals surface area contributed by atoms with Crippen LogP contribution >= 0.6 is 0 Å². The Labute approximate surface area is 109 Å². The van der Waals surface area contributed by atoms with E-state index < -0.39 is 0 Å². The Morgan fingerprint density at radius 2 is 2.00 bits per heavy atom. The van der Waals surface area contributed by atoms with Crippen LogP contribution in [0.15, 0.2) is 28.7 Å². The number of rotatable bonds is 4. The molecular weight excluding hydrogens is 222 g/mol. The van der Waals surface area contributed by atoms with Crippen molar-refractivity contribution in [1.82, 2.24) is 5.32 Å². The topological polar surface area (TPSA) is 25.2 Å². The van der Waals surface area contributed by atoms with Crippen molar-refractivity contribution >= 4 is 11.0 Å². The summed E-state index contributed by atoms with van der Waals surface area (Å²) in [5.74, 6) is 0.999. The highest BCUT2D eigenvalue weighted by Gasteiger charge is 2.19. The second-order valence-corrected chi connectivity index (χ2v) is 5.65. The molecule has 98 valence electrons. The normalized spacial score (nSPS) is 14.1. The predicted molar refractivity (Wildman–Crippen MR) is 77.0 cm³/mol. The van der Waals surface area contributed by atoms with Gasteiger partial charge in [-0.15, -0.1) is 0 Å². The molecule has 1 N–H and O–H groups in total. The number of hydrogen-bond acceptors (Lipinski definition) is 2. The number of fused-ring (bicyclic) bond motifs is 1. The minimum absolute atomic E-state index is 0.222. The van der Waals surface area contributed by atoms with Gasteiger partial charge in [0.05, 0.1) is 6.04 Å². The molecule has 0 aliphatic carbocycles. The van der Waals surface area contributed by atoms with Crippen LogP contribution in [0.4, 0.5) is 0 Å². The fourth-order valence-electron chi connectivity index (χ4n) is 2.04. The van der Waals surface area contributed by atoms with Gasteiger partial charge in [-0.3, -0.25) is 0 Å². The molecule has 0 amide bonds. The molecule has 1 atom stereocenters. The average molecular weight is 245 g/mol. The van der Waals surface area contributed by atoms with Crippen LogP contribution in [0.3, 0.4) is 0 Å². The molecule has 0 saturated carbocycles. The van der Waals surface area contributed by atoms with Crippen molar-refractivity contribution in [3.8, 4) is 0 Å². The van der Waals surface area contributed by atoms with Crippen molar-refractivity contribution in [3.63, 3.8) is 0 Å². The van der Waals surface area contributed by atoms with Crippen molar-refractivity contribution in [2.24, 2.45) is 0 Å². The molecule has 0 spiro atoms. The first-order chi connectivity index (χ1) is 8.47. The Morgan fingerprint density at radius 3 is 2.61 bits per heavy atom. The zero-order valence-corrected chi connectivity index (χ0v) is 12.0. The maximum Gasteiger partial charge on any atom is 0.134 e. The SMILES string of the molecule is CCC(C)(C)c1ccc2oc(C(C)NC)cc2c1. The fourth-order valence-corrected chi connectivity index (χ4v) is 2.04. The molecule has 1 aromatic carbocycles. The van der Waals surface area contributed by atoms with Gasteiger partial charge in [0.25, 0.3) is 0 Å². The molecule has 0 fully saturated rings. The Bertz CT molecular complexity index is 539. The van der Waals surface area contributed by atoms with Gasteiger partial charge in [0.2, 0.25) is 0 Å². The zero-order valence-electron chi connectivity index (χ0n) is 12.0. The van der Waals surface area contributed by atoms with Crippen LogP contribution < -0.4 is 5.32 Å². The van der Waals surface area contributed by atoms with E-state index in [-0.39, 0.29) is 11.5 Å². The molecule has 0 radical (unpaired) electrons. The van der Waals surface area contributed by atoms with Gasteiger partial charge in [-0.05, 0) is 49.6 Å². The lowest BCUT2D eigenvalue weighted by Crippen LogP contribution is -2.14. The van der Waals surface area contributed by atoms with Crippen molar-refractivity contribution in [3.05, 3.63) is 35.6 Å². The Hall–Kier alpha value is -1.28. The summed E-state index contributed by atoms with van der Waals surface area (Å²) in [5.41, 5.74) is 2.57. The van der Waals surface area contributed by atoms with Gasteiger partial charge in [-0.25, -0.2) is 0 Å². The highest BCUT2D eigenvalue weighted by molar-refractivity contribution is 5.79. The van der Waals surface area contributed by atoms with Crippen molar-refractivity contribution < 1.29 is 4.42 Å². The first kappa shape index (κ1) is 13.2. The molecule has 2 nitrogen and oxygen atoms in total. The molecule has 0 aliphatic heterocycles. The lowest BCUT2D eigenvalue weighted by Gasteiger charge is -2.23. The third-order valence-corrected chi connectivity index (χ3v) is 4.06. The second-order valence-electron chi connectivity index (χ2n) is 5.65. The summed E-state index contributed by atoms with van der Waals surface area (Å²) < 4.78 is 5.86. The van der Waals surface area contributed by atoms with E-state index in [0.717, 1.165) is 17.8 Å². The largest absolute Gasteiger partial charge is 0.459 e. The predicted octanol–water partition coefficient (Wildman–Crippen LogP) is 4.40. The Morgan fingerprint density at radius 1 is 1.28 bits per heavy atom. The van der Waals surface area contributed by atoms with E-state index in [1.54, 1.807) is 0 Å². The van der Waals surface area contributed by atoms with Crippen LogP contribution in [0.5, 0.6) is 0 Å². The number of benzene rings is 1. The van der Waals surface area contributed by atoms with E-state index in [9.17, 15) is 0 Å². The summed E-state index contributed by atoms with van der Waals surface area (Å²) in [4.78, 5) is 0. The highest BCUT2D eigenvalue weighted by atomic mass is 16.3. The molecule has 0 bridgehead atoms.